The number of carbonyl (C=O) groups excluding carboxylic acids is 2. The molecule has 2 aliphatic rings. The number of methoxy groups -OCH3 is 1. The lowest BCUT2D eigenvalue weighted by atomic mass is 9.95. The third-order valence-corrected chi connectivity index (χ3v) is 5.31. The molecule has 3 rings (SSSR count). The van der Waals surface area contributed by atoms with Gasteiger partial charge in [-0.25, -0.2) is 9.59 Å². The Kier molecular flexibility index (Phi) is 6.36. The first kappa shape index (κ1) is 19.7. The van der Waals surface area contributed by atoms with Crippen molar-refractivity contribution in [3.05, 3.63) is 46.1 Å². The highest BCUT2D eigenvalue weighted by molar-refractivity contribution is 6.30. The van der Waals surface area contributed by atoms with Crippen LogP contribution in [0.3, 0.4) is 0 Å². The molecule has 27 heavy (non-hydrogen) atoms. The number of urea groups is 1. The highest BCUT2D eigenvalue weighted by Crippen LogP contribution is 2.29. The number of likely N-dealkylation sites (N-methyl/N-ethyl adjacent to an activating group) is 1. The fourth-order valence-corrected chi connectivity index (χ4v) is 3.61. The van der Waals surface area contributed by atoms with Gasteiger partial charge in [0.1, 0.15) is 0 Å². The van der Waals surface area contributed by atoms with Crippen LogP contribution in [0.2, 0.25) is 5.02 Å². The van der Waals surface area contributed by atoms with E-state index in [2.05, 4.69) is 27.4 Å². The van der Waals surface area contributed by atoms with Gasteiger partial charge in [-0.05, 0) is 24.2 Å². The summed E-state index contributed by atoms with van der Waals surface area (Å²) in [6.45, 7) is 7.41. The van der Waals surface area contributed by atoms with Gasteiger partial charge in [0.25, 0.3) is 0 Å². The van der Waals surface area contributed by atoms with Crippen molar-refractivity contribution in [2.24, 2.45) is 0 Å². The van der Waals surface area contributed by atoms with Crippen molar-refractivity contribution in [2.45, 2.75) is 13.0 Å². The van der Waals surface area contributed by atoms with Crippen LogP contribution in [0.15, 0.2) is 35.5 Å². The Morgan fingerprint density at radius 3 is 2.41 bits per heavy atom. The molecular formula is C19H25ClN4O3. The lowest BCUT2D eigenvalue weighted by Gasteiger charge is -2.36. The Hall–Kier alpha value is -2.09. The van der Waals surface area contributed by atoms with Crippen molar-refractivity contribution in [1.29, 1.82) is 0 Å². The van der Waals surface area contributed by atoms with Gasteiger partial charge in [0, 0.05) is 43.4 Å². The summed E-state index contributed by atoms with van der Waals surface area (Å²) >= 11 is 5.97. The number of benzene rings is 1. The molecule has 8 heteroatoms. The second kappa shape index (κ2) is 8.73. The molecule has 0 saturated carbocycles. The molecule has 1 atom stereocenters. The Morgan fingerprint density at radius 2 is 1.81 bits per heavy atom. The van der Waals surface area contributed by atoms with Gasteiger partial charge in [0.05, 0.1) is 18.7 Å². The fourth-order valence-electron chi connectivity index (χ4n) is 3.49. The summed E-state index contributed by atoms with van der Waals surface area (Å²) in [6, 6.07) is 6.19. The minimum absolute atomic E-state index is 0.329. The number of piperazine rings is 1. The molecule has 7 nitrogen and oxygen atoms in total. The first-order chi connectivity index (χ1) is 13.0. The van der Waals surface area contributed by atoms with E-state index in [4.69, 9.17) is 16.3 Å². The number of hydrogen-bond acceptors (Lipinski definition) is 5. The SMILES string of the molecule is CCN1CCN(CC2=C(C(=O)OC)[C@@H](c3ccc(Cl)cc3)NC(=O)N2)CC1. The van der Waals surface area contributed by atoms with Gasteiger partial charge >= 0.3 is 12.0 Å². The molecule has 1 aromatic rings. The van der Waals surface area contributed by atoms with E-state index in [1.807, 2.05) is 0 Å². The van der Waals surface area contributed by atoms with Crippen LogP contribution in [-0.2, 0) is 9.53 Å². The minimum Gasteiger partial charge on any atom is -0.466 e. The monoisotopic (exact) mass is 392 g/mol. The predicted molar refractivity (Wildman–Crippen MR) is 103 cm³/mol. The lowest BCUT2D eigenvalue weighted by molar-refractivity contribution is -0.136. The number of nitrogens with one attached hydrogen (secondary N) is 2. The van der Waals surface area contributed by atoms with Crippen LogP contribution in [0, 0.1) is 0 Å². The van der Waals surface area contributed by atoms with E-state index < -0.39 is 12.0 Å². The van der Waals surface area contributed by atoms with Gasteiger partial charge in [-0.1, -0.05) is 30.7 Å². The number of hydrogen-bond donors (Lipinski definition) is 2. The van der Waals surface area contributed by atoms with Crippen LogP contribution in [0.5, 0.6) is 0 Å². The van der Waals surface area contributed by atoms with E-state index in [1.165, 1.54) is 7.11 Å². The average molecular weight is 393 g/mol. The number of halogens is 1. The topological polar surface area (TPSA) is 73.9 Å². The maximum Gasteiger partial charge on any atom is 0.338 e. The molecule has 2 aliphatic heterocycles. The average Bonchev–Trinajstić information content (AvgIpc) is 2.68. The molecule has 1 saturated heterocycles. The Labute approximate surface area is 164 Å². The van der Waals surface area contributed by atoms with Crippen LogP contribution in [0.1, 0.15) is 18.5 Å². The van der Waals surface area contributed by atoms with Gasteiger partial charge in [-0.3, -0.25) is 4.90 Å². The summed E-state index contributed by atoms with van der Waals surface area (Å²) in [6.07, 6.45) is 0. The van der Waals surface area contributed by atoms with Crippen LogP contribution in [0.4, 0.5) is 4.79 Å². The second-order valence-corrected chi connectivity index (χ2v) is 7.11. The zero-order valence-electron chi connectivity index (χ0n) is 15.6. The molecule has 0 bridgehead atoms. The van der Waals surface area contributed by atoms with Crippen LogP contribution >= 0.6 is 11.6 Å². The van der Waals surface area contributed by atoms with Crippen molar-refractivity contribution in [3.8, 4) is 0 Å². The van der Waals surface area contributed by atoms with E-state index in [9.17, 15) is 9.59 Å². The number of ether oxygens (including phenoxy) is 1. The zero-order chi connectivity index (χ0) is 19.4. The Balaban J connectivity index is 1.89. The number of esters is 1. The third kappa shape index (κ3) is 4.61. The summed E-state index contributed by atoms with van der Waals surface area (Å²) in [5.41, 5.74) is 1.80. The van der Waals surface area contributed by atoms with E-state index >= 15 is 0 Å². The van der Waals surface area contributed by atoms with Crippen LogP contribution < -0.4 is 10.6 Å². The predicted octanol–water partition coefficient (Wildman–Crippen LogP) is 1.76. The fraction of sp³-hybridized carbons (Fsp3) is 0.474. The van der Waals surface area contributed by atoms with Crippen molar-refractivity contribution >= 4 is 23.6 Å². The highest BCUT2D eigenvalue weighted by Gasteiger charge is 2.34. The Morgan fingerprint density at radius 1 is 1.19 bits per heavy atom. The number of rotatable bonds is 5. The minimum atomic E-state index is -0.574. The summed E-state index contributed by atoms with van der Waals surface area (Å²) in [5, 5.41) is 6.23. The number of carbonyl (C=O) groups is 2. The maximum atomic E-state index is 12.6. The largest absolute Gasteiger partial charge is 0.466 e. The molecule has 0 spiro atoms. The quantitative estimate of drug-likeness (QED) is 0.747. The maximum absolute atomic E-state index is 12.6. The molecule has 2 N–H and O–H groups in total. The molecule has 0 aliphatic carbocycles. The van der Waals surface area contributed by atoms with Crippen molar-refractivity contribution in [1.82, 2.24) is 20.4 Å². The molecule has 2 heterocycles. The second-order valence-electron chi connectivity index (χ2n) is 6.68. The molecule has 0 unspecified atom stereocenters. The first-order valence-corrected chi connectivity index (χ1v) is 9.48. The number of amides is 2. The van der Waals surface area contributed by atoms with Gasteiger partial charge in [0.2, 0.25) is 0 Å². The summed E-state index contributed by atoms with van der Waals surface area (Å²) in [7, 11) is 1.35. The van der Waals surface area contributed by atoms with Gasteiger partial charge in [-0.15, -0.1) is 0 Å². The van der Waals surface area contributed by atoms with E-state index in [0.29, 0.717) is 22.8 Å². The summed E-state index contributed by atoms with van der Waals surface area (Å²) in [4.78, 5) is 29.4. The molecule has 2 amide bonds. The first-order valence-electron chi connectivity index (χ1n) is 9.11. The van der Waals surface area contributed by atoms with E-state index in [1.54, 1.807) is 24.3 Å². The van der Waals surface area contributed by atoms with Gasteiger partial charge in [-0.2, -0.15) is 0 Å². The third-order valence-electron chi connectivity index (χ3n) is 5.06. The smallest absolute Gasteiger partial charge is 0.338 e. The van der Waals surface area contributed by atoms with E-state index in [-0.39, 0.29) is 6.03 Å². The van der Waals surface area contributed by atoms with Crippen LogP contribution in [0.25, 0.3) is 0 Å². The highest BCUT2D eigenvalue weighted by atomic mass is 35.5. The molecule has 1 aromatic carbocycles. The van der Waals surface area contributed by atoms with Crippen LogP contribution in [-0.4, -0.2) is 68.2 Å². The number of nitrogens with zero attached hydrogens (tertiary/aromatic N) is 2. The lowest BCUT2D eigenvalue weighted by Crippen LogP contribution is -2.51. The molecule has 1 fully saturated rings. The van der Waals surface area contributed by atoms with Crippen molar-refractivity contribution in [3.63, 3.8) is 0 Å². The Bertz CT molecular complexity index is 727. The molecule has 0 radical (unpaired) electrons. The summed E-state index contributed by atoms with van der Waals surface area (Å²) in [5.74, 6) is -0.454. The van der Waals surface area contributed by atoms with Gasteiger partial charge < -0.3 is 20.3 Å². The molecule has 146 valence electrons. The summed E-state index contributed by atoms with van der Waals surface area (Å²) < 4.78 is 5.01. The van der Waals surface area contributed by atoms with Crippen molar-refractivity contribution in [2.75, 3.05) is 46.4 Å². The van der Waals surface area contributed by atoms with E-state index in [0.717, 1.165) is 38.3 Å². The van der Waals surface area contributed by atoms with Gasteiger partial charge in [0.15, 0.2) is 0 Å². The molecule has 0 aromatic heterocycles. The normalized spacial score (nSPS) is 21.6. The zero-order valence-corrected chi connectivity index (χ0v) is 16.4. The standard InChI is InChI=1S/C19H25ClN4O3/c1-3-23-8-10-24(11-9-23)12-15-16(18(25)27-2)17(22-19(26)21-15)13-4-6-14(20)7-5-13/h4-7,17H,3,8-12H2,1-2H3,(H2,21,22,26)/t17-/m1/s1. The van der Waals surface area contributed by atoms with Crippen molar-refractivity contribution < 1.29 is 14.3 Å². The molecular weight excluding hydrogens is 368 g/mol.